The Kier molecular flexibility index (Phi) is 3.47. The van der Waals surface area contributed by atoms with Crippen LogP contribution in [0.4, 0.5) is 0 Å². The van der Waals surface area contributed by atoms with Gasteiger partial charge in [0.05, 0.1) is 12.8 Å². The van der Waals surface area contributed by atoms with Crippen LogP contribution in [-0.2, 0) is 11.3 Å². The maximum Gasteiger partial charge on any atom is 0.293 e. The molecule has 6 rings (SSSR count). The second kappa shape index (κ2) is 5.71. The lowest BCUT2D eigenvalue weighted by atomic mass is 9.49. The van der Waals surface area contributed by atoms with Gasteiger partial charge in [0, 0.05) is 6.42 Å². The van der Waals surface area contributed by atoms with Crippen molar-refractivity contribution in [1.29, 1.82) is 0 Å². The van der Waals surface area contributed by atoms with E-state index in [-0.39, 0.29) is 11.3 Å². The zero-order chi connectivity index (χ0) is 16.9. The Balaban J connectivity index is 1.19. The van der Waals surface area contributed by atoms with Gasteiger partial charge >= 0.3 is 0 Å². The summed E-state index contributed by atoms with van der Waals surface area (Å²) < 4.78 is 10.4. The number of nitrogens with one attached hydrogen (secondary N) is 1. The summed E-state index contributed by atoms with van der Waals surface area (Å²) >= 11 is 0. The van der Waals surface area contributed by atoms with Crippen molar-refractivity contribution in [2.45, 2.75) is 51.5 Å². The minimum Gasteiger partial charge on any atom is -0.459 e. The van der Waals surface area contributed by atoms with Crippen LogP contribution in [0.2, 0.25) is 0 Å². The molecule has 1 N–H and O–H groups in total. The number of furan rings is 1. The number of hydrogen-bond acceptors (Lipinski definition) is 5. The predicted molar refractivity (Wildman–Crippen MR) is 89.1 cm³/mol. The van der Waals surface area contributed by atoms with Crippen LogP contribution < -0.4 is 5.32 Å². The summed E-state index contributed by atoms with van der Waals surface area (Å²) in [7, 11) is 0. The molecule has 2 aromatic heterocycles. The Morgan fingerprint density at radius 2 is 1.92 bits per heavy atom. The lowest BCUT2D eigenvalue weighted by molar-refractivity contribution is -0.129. The summed E-state index contributed by atoms with van der Waals surface area (Å²) in [6.07, 6.45) is 10.2. The molecule has 132 valence electrons. The van der Waals surface area contributed by atoms with Gasteiger partial charge in [0.15, 0.2) is 11.6 Å². The van der Waals surface area contributed by atoms with Crippen LogP contribution in [0.15, 0.2) is 27.3 Å². The summed E-state index contributed by atoms with van der Waals surface area (Å²) in [6.45, 7) is 0.301. The van der Waals surface area contributed by atoms with E-state index in [2.05, 4.69) is 15.5 Å². The summed E-state index contributed by atoms with van der Waals surface area (Å²) in [5.74, 6) is 4.08. The molecule has 4 fully saturated rings. The molecule has 4 saturated carbocycles. The van der Waals surface area contributed by atoms with Crippen molar-refractivity contribution in [1.82, 2.24) is 15.5 Å². The standard InChI is InChI=1S/C19H23N3O3/c23-17(10-19-7-12-4-13(8-19)6-14(5-12)9-19)20-11-16-21-18(25-22-16)15-2-1-3-24-15/h1-3,12-14H,4-11H2,(H,20,23). The molecule has 4 aliphatic rings. The molecule has 1 amide bonds. The van der Waals surface area contributed by atoms with Crippen molar-refractivity contribution in [3.8, 4) is 11.7 Å². The number of aromatic nitrogens is 2. The minimum atomic E-state index is 0.117. The maximum atomic E-state index is 12.5. The van der Waals surface area contributed by atoms with Crippen LogP contribution in [0.3, 0.4) is 0 Å². The van der Waals surface area contributed by atoms with Gasteiger partial charge in [0.2, 0.25) is 5.91 Å². The van der Waals surface area contributed by atoms with Gasteiger partial charge in [-0.2, -0.15) is 4.98 Å². The molecule has 6 heteroatoms. The van der Waals surface area contributed by atoms with Crippen LogP contribution in [0.1, 0.15) is 50.8 Å². The number of nitrogens with zero attached hydrogens (tertiary/aromatic N) is 2. The number of hydrogen-bond donors (Lipinski definition) is 1. The average Bonchev–Trinajstić information content (AvgIpc) is 3.22. The van der Waals surface area contributed by atoms with Crippen LogP contribution in [0.5, 0.6) is 0 Å². The predicted octanol–water partition coefficient (Wildman–Crippen LogP) is 3.55. The Bertz CT molecular complexity index is 729. The second-order valence-corrected chi connectivity index (χ2v) is 8.36. The van der Waals surface area contributed by atoms with Crippen LogP contribution in [0.25, 0.3) is 11.7 Å². The summed E-state index contributed by atoms with van der Waals surface area (Å²) in [4.78, 5) is 16.8. The van der Waals surface area contributed by atoms with Crippen molar-refractivity contribution < 1.29 is 13.7 Å². The summed E-state index contributed by atoms with van der Waals surface area (Å²) in [5.41, 5.74) is 0.259. The van der Waals surface area contributed by atoms with Gasteiger partial charge in [0.1, 0.15) is 0 Å². The number of amides is 1. The first-order valence-corrected chi connectivity index (χ1v) is 9.31. The zero-order valence-electron chi connectivity index (χ0n) is 14.2. The van der Waals surface area contributed by atoms with E-state index in [4.69, 9.17) is 8.94 Å². The third-order valence-corrected chi connectivity index (χ3v) is 6.34. The zero-order valence-corrected chi connectivity index (χ0v) is 14.2. The van der Waals surface area contributed by atoms with E-state index in [9.17, 15) is 4.79 Å². The minimum absolute atomic E-state index is 0.117. The van der Waals surface area contributed by atoms with E-state index in [1.165, 1.54) is 38.5 Å². The fraction of sp³-hybridized carbons (Fsp3) is 0.632. The first kappa shape index (κ1) is 15.2. The quantitative estimate of drug-likeness (QED) is 0.899. The van der Waals surface area contributed by atoms with Crippen molar-refractivity contribution in [3.05, 3.63) is 24.2 Å². The van der Waals surface area contributed by atoms with Gasteiger partial charge in [-0.1, -0.05) is 5.16 Å². The van der Waals surface area contributed by atoms with Crippen molar-refractivity contribution in [2.24, 2.45) is 23.2 Å². The van der Waals surface area contributed by atoms with Gasteiger partial charge < -0.3 is 14.3 Å². The van der Waals surface area contributed by atoms with Gasteiger partial charge in [-0.15, -0.1) is 0 Å². The van der Waals surface area contributed by atoms with Gasteiger partial charge in [-0.3, -0.25) is 4.79 Å². The SMILES string of the molecule is O=C(CC12CC3CC(CC(C3)C1)C2)NCc1noc(-c2ccco2)n1. The average molecular weight is 341 g/mol. The normalized spacial score (nSPS) is 32.9. The molecule has 2 aromatic rings. The highest BCUT2D eigenvalue weighted by molar-refractivity contribution is 5.76. The molecule has 25 heavy (non-hydrogen) atoms. The number of carbonyl (C=O) groups is 1. The molecule has 2 heterocycles. The highest BCUT2D eigenvalue weighted by Crippen LogP contribution is 2.61. The maximum absolute atomic E-state index is 12.5. The number of rotatable bonds is 5. The molecular weight excluding hydrogens is 318 g/mol. The summed E-state index contributed by atoms with van der Waals surface area (Å²) in [5, 5.41) is 6.89. The third-order valence-electron chi connectivity index (χ3n) is 6.34. The van der Waals surface area contributed by atoms with Crippen LogP contribution >= 0.6 is 0 Å². The first-order valence-electron chi connectivity index (χ1n) is 9.31. The first-order chi connectivity index (χ1) is 12.2. The molecule has 0 aromatic carbocycles. The largest absolute Gasteiger partial charge is 0.459 e. The monoisotopic (exact) mass is 341 g/mol. The third kappa shape index (κ3) is 2.87. The fourth-order valence-electron chi connectivity index (χ4n) is 5.91. The Labute approximate surface area is 146 Å². The smallest absolute Gasteiger partial charge is 0.293 e. The topological polar surface area (TPSA) is 81.2 Å². The molecular formula is C19H23N3O3. The molecule has 4 aliphatic carbocycles. The molecule has 0 aliphatic heterocycles. The Morgan fingerprint density at radius 3 is 2.56 bits per heavy atom. The molecule has 0 atom stereocenters. The fourth-order valence-corrected chi connectivity index (χ4v) is 5.91. The Morgan fingerprint density at radius 1 is 1.20 bits per heavy atom. The van der Waals surface area contributed by atoms with E-state index in [0.717, 1.165) is 17.8 Å². The van der Waals surface area contributed by atoms with Crippen molar-refractivity contribution in [2.75, 3.05) is 0 Å². The van der Waals surface area contributed by atoms with E-state index < -0.39 is 0 Å². The molecule has 0 unspecified atom stereocenters. The van der Waals surface area contributed by atoms with E-state index in [1.807, 2.05) is 0 Å². The van der Waals surface area contributed by atoms with Gasteiger partial charge in [-0.05, 0) is 73.8 Å². The molecule has 0 radical (unpaired) electrons. The van der Waals surface area contributed by atoms with Crippen LogP contribution in [-0.4, -0.2) is 16.0 Å². The van der Waals surface area contributed by atoms with E-state index in [1.54, 1.807) is 18.4 Å². The highest BCUT2D eigenvalue weighted by atomic mass is 16.5. The lowest BCUT2D eigenvalue weighted by Gasteiger charge is -2.56. The Hall–Kier alpha value is -2.11. The molecule has 4 bridgehead atoms. The highest BCUT2D eigenvalue weighted by Gasteiger charge is 2.51. The van der Waals surface area contributed by atoms with Crippen molar-refractivity contribution >= 4 is 5.91 Å². The van der Waals surface area contributed by atoms with Gasteiger partial charge in [-0.25, -0.2) is 0 Å². The van der Waals surface area contributed by atoms with E-state index in [0.29, 0.717) is 30.4 Å². The molecule has 0 saturated heterocycles. The molecule has 0 spiro atoms. The van der Waals surface area contributed by atoms with Crippen LogP contribution in [0, 0.1) is 23.2 Å². The van der Waals surface area contributed by atoms with Gasteiger partial charge in [0.25, 0.3) is 5.89 Å². The lowest BCUT2D eigenvalue weighted by Crippen LogP contribution is -2.48. The second-order valence-electron chi connectivity index (χ2n) is 8.36. The summed E-state index contributed by atoms with van der Waals surface area (Å²) in [6, 6.07) is 3.54. The molecule has 6 nitrogen and oxygen atoms in total. The number of carbonyl (C=O) groups excluding carboxylic acids is 1. The van der Waals surface area contributed by atoms with E-state index >= 15 is 0 Å². The van der Waals surface area contributed by atoms with Crippen molar-refractivity contribution in [3.63, 3.8) is 0 Å².